The lowest BCUT2D eigenvalue weighted by Gasteiger charge is -2.63. The highest BCUT2D eigenvalue weighted by Gasteiger charge is 2.67. The van der Waals surface area contributed by atoms with Gasteiger partial charge in [0.15, 0.2) is 5.78 Å². The van der Waals surface area contributed by atoms with Crippen LogP contribution >= 0.6 is 0 Å². The number of piperazine rings is 1. The van der Waals surface area contributed by atoms with E-state index in [1.165, 1.54) is 0 Å². The summed E-state index contributed by atoms with van der Waals surface area (Å²) in [7, 11) is 0. The van der Waals surface area contributed by atoms with E-state index in [9.17, 15) is 44.1 Å². The summed E-state index contributed by atoms with van der Waals surface area (Å²) in [4.78, 5) is 99.5. The quantitative estimate of drug-likeness (QED) is 0.0954. The van der Waals surface area contributed by atoms with Crippen molar-refractivity contribution in [3.05, 3.63) is 46.6 Å². The molecule has 0 aromatic heterocycles. The Morgan fingerprint density at radius 3 is 1.38 bits per heavy atom. The fourth-order valence-electron chi connectivity index (χ4n) is 18.8. The van der Waals surface area contributed by atoms with E-state index in [0.717, 1.165) is 87.9 Å². The zero-order valence-corrected chi connectivity index (χ0v) is 54.9. The molecular formula is C71H104N6O8. The normalized spacial score (nSPS) is 38.8. The van der Waals surface area contributed by atoms with Gasteiger partial charge in [0, 0.05) is 53.3 Å². The Labute approximate surface area is 509 Å². The first kappa shape index (κ1) is 65.8. The molecule has 14 heteroatoms. The summed E-state index contributed by atoms with van der Waals surface area (Å²) in [6, 6.07) is 4.63. The molecule has 0 bridgehead atoms. The molecule has 0 aromatic carbocycles. The summed E-state index contributed by atoms with van der Waals surface area (Å²) in [6.07, 6.45) is 20.8. The lowest BCUT2D eigenvalue weighted by Crippen LogP contribution is -2.58. The van der Waals surface area contributed by atoms with E-state index in [1.807, 2.05) is 19.9 Å². The molecule has 0 spiro atoms. The number of hydrogen-bond donors (Lipinski definition) is 2. The van der Waals surface area contributed by atoms with Crippen LogP contribution in [0, 0.1) is 99.5 Å². The zero-order valence-electron chi connectivity index (χ0n) is 54.9. The molecule has 6 aliphatic carbocycles. The van der Waals surface area contributed by atoms with Crippen LogP contribution in [0.2, 0.25) is 0 Å². The van der Waals surface area contributed by atoms with Gasteiger partial charge >= 0.3 is 0 Å². The molecule has 85 heavy (non-hydrogen) atoms. The van der Waals surface area contributed by atoms with E-state index in [4.69, 9.17) is 4.74 Å². The van der Waals surface area contributed by atoms with Gasteiger partial charge in [-0.05, 0) is 165 Å². The largest absolute Gasteiger partial charge is 0.363 e. The van der Waals surface area contributed by atoms with Crippen LogP contribution in [0.3, 0.4) is 0 Å². The van der Waals surface area contributed by atoms with Gasteiger partial charge in [-0.1, -0.05) is 134 Å². The van der Waals surface area contributed by atoms with Gasteiger partial charge in [0.25, 0.3) is 0 Å². The van der Waals surface area contributed by atoms with Crippen molar-refractivity contribution in [2.45, 2.75) is 226 Å². The summed E-state index contributed by atoms with van der Waals surface area (Å²) in [5.74, 6) is -0.684. The van der Waals surface area contributed by atoms with Crippen LogP contribution in [-0.4, -0.2) is 103 Å². The third-order valence-electron chi connectivity index (χ3n) is 25.2. The smallest absolute Gasteiger partial charge is 0.242 e. The van der Waals surface area contributed by atoms with Crippen molar-refractivity contribution in [2.75, 3.05) is 39.3 Å². The molecule has 2 saturated heterocycles. The van der Waals surface area contributed by atoms with E-state index in [1.54, 1.807) is 22.0 Å². The minimum absolute atomic E-state index is 0.0174. The molecule has 0 aromatic rings. The van der Waals surface area contributed by atoms with Gasteiger partial charge in [0.2, 0.25) is 23.6 Å². The highest BCUT2D eigenvalue weighted by molar-refractivity contribution is 6.04. The van der Waals surface area contributed by atoms with E-state index in [2.05, 4.69) is 126 Å². The number of carbonyl (C=O) groups excluding carboxylic acids is 7. The van der Waals surface area contributed by atoms with Crippen LogP contribution in [0.1, 0.15) is 214 Å². The number of hydrogen-bond acceptors (Lipinski definition) is 10. The van der Waals surface area contributed by atoms with Crippen LogP contribution in [-0.2, 0) is 38.3 Å². The number of nitrogens with one attached hydrogen (secondary N) is 2. The summed E-state index contributed by atoms with van der Waals surface area (Å²) >= 11 is 0. The molecular weight excluding hydrogens is 1060 g/mol. The van der Waals surface area contributed by atoms with Crippen molar-refractivity contribution in [3.8, 4) is 12.1 Å². The number of fused-ring (bicyclic) bond motifs is 3. The first-order valence-electron chi connectivity index (χ1n) is 32.3. The van der Waals surface area contributed by atoms with Crippen LogP contribution in [0.15, 0.2) is 46.6 Å². The van der Waals surface area contributed by atoms with Gasteiger partial charge in [-0.2, -0.15) is 10.5 Å². The highest BCUT2D eigenvalue weighted by Crippen LogP contribution is 2.72. The second kappa shape index (κ2) is 22.7. The molecule has 2 N–H and O–H groups in total. The number of rotatable bonds is 14. The third-order valence-corrected chi connectivity index (χ3v) is 25.2. The van der Waals surface area contributed by atoms with Crippen LogP contribution in [0.25, 0.3) is 0 Å². The lowest BCUT2D eigenvalue weighted by molar-refractivity contribution is -0.144. The SMILES string of the molecule is CC(C)(C)CCC1(C(=O)NCC(=O)N2CCN(C(=O)CNC(=O)C3(CCC(C)(C)C)CCC(C)([C@]4(C)CC[C@H]5C(C)(C)C6OC6C(C#N)=C[C@]5(C)/C4=C/C=O)CC3)CC2)CCC(C)([C@]2(C)CC[C@H]3C(C)(C)C(=O)C(C#N)=C[C@]3(C)/C2=C/C=O)CC1. The molecule has 8 aliphatic rings. The Bertz CT molecular complexity index is 2910. The molecule has 14 nitrogen and oxygen atoms in total. The van der Waals surface area contributed by atoms with E-state index >= 15 is 0 Å². The maximum atomic E-state index is 14.8. The molecule has 4 saturated carbocycles. The fourth-order valence-corrected chi connectivity index (χ4v) is 18.8. The van der Waals surface area contributed by atoms with Gasteiger partial charge < -0.3 is 25.2 Å². The molecule has 8 rings (SSSR count). The van der Waals surface area contributed by atoms with Crippen molar-refractivity contribution in [3.63, 3.8) is 0 Å². The number of ether oxygens (including phenoxy) is 1. The average molecular weight is 1170 g/mol. The van der Waals surface area contributed by atoms with Gasteiger partial charge in [0.05, 0.1) is 36.4 Å². The van der Waals surface area contributed by atoms with Gasteiger partial charge in [-0.3, -0.25) is 33.6 Å². The second-order valence-electron chi connectivity index (χ2n) is 33.0. The Morgan fingerprint density at radius 1 is 0.600 bits per heavy atom. The predicted molar refractivity (Wildman–Crippen MR) is 329 cm³/mol. The molecule has 2 heterocycles. The highest BCUT2D eigenvalue weighted by atomic mass is 16.6. The van der Waals surface area contributed by atoms with Crippen LogP contribution in [0.5, 0.6) is 0 Å². The molecule has 4 amide bonds. The Hall–Kier alpha value is -5.21. The number of epoxide rings is 1. The van der Waals surface area contributed by atoms with Crippen LogP contribution < -0.4 is 10.6 Å². The standard InChI is InChI=1S/C71H104N6O8/c1-60(2,3)23-29-70(31-25-64(11,26-32-70)68(15)21-17-49-62(7,8)56(82)48(44-73)42-67(49,14)52(68)20-40-79)58(83)74-45-53(80)76-35-37-77(38-36-76)54(81)46-75-59(84)71(30-24-61(4,5)6)33-27-65(12,28-34-71)69(16)22-18-50-63(9,10)57-55(85-57)47(43-72)41-66(50,13)51(69)19-39-78/h19-20,39-42,49-50,55,57H,17-18,21-38,45-46H2,1-16H3,(H,74,83)(H,75,84)/b51-19-,52-20-/t49-,50-,55?,57?,64?,65?,66-,67-,68+,69+,70?,71?/m0/s1. The molecule has 2 aliphatic heterocycles. The first-order valence-corrected chi connectivity index (χ1v) is 32.3. The maximum Gasteiger partial charge on any atom is 0.242 e. The Morgan fingerprint density at radius 2 is 1.00 bits per heavy atom. The average Bonchev–Trinajstić information content (AvgIpc) is 1.85. The van der Waals surface area contributed by atoms with Crippen molar-refractivity contribution in [1.82, 2.24) is 20.4 Å². The maximum absolute atomic E-state index is 14.8. The first-order chi connectivity index (χ1) is 39.4. The van der Waals surface area contributed by atoms with E-state index in [0.29, 0.717) is 70.3 Å². The number of aldehydes is 2. The summed E-state index contributed by atoms with van der Waals surface area (Å²) in [6.45, 7) is 35.9. The number of carbonyl (C=O) groups is 7. The number of nitriles is 2. The number of nitrogens with zero attached hydrogens (tertiary/aromatic N) is 4. The van der Waals surface area contributed by atoms with Crippen molar-refractivity contribution in [2.24, 2.45) is 76.8 Å². The van der Waals surface area contributed by atoms with Gasteiger partial charge in [-0.15, -0.1) is 0 Å². The zero-order chi connectivity index (χ0) is 63.0. The van der Waals surface area contributed by atoms with Gasteiger partial charge in [-0.25, -0.2) is 0 Å². The molecule has 6 fully saturated rings. The number of Topliss-reactive ketones (excluding diaryl/α,β-unsaturated/α-hetero) is 1. The van der Waals surface area contributed by atoms with Crippen molar-refractivity contribution < 1.29 is 38.3 Å². The minimum atomic E-state index is -0.777. The molecule has 0 radical (unpaired) electrons. The fraction of sp³-hybridized carbons (Fsp3) is 0.761. The van der Waals surface area contributed by atoms with E-state index < -0.39 is 32.5 Å². The van der Waals surface area contributed by atoms with Crippen molar-refractivity contribution in [1.29, 1.82) is 10.5 Å². The van der Waals surface area contributed by atoms with Crippen LogP contribution in [0.4, 0.5) is 0 Å². The lowest BCUT2D eigenvalue weighted by atomic mass is 9.40. The van der Waals surface area contributed by atoms with Gasteiger partial charge in [0.1, 0.15) is 24.7 Å². The molecule has 466 valence electrons. The number of ketones is 1. The molecule has 8 atom stereocenters. The van der Waals surface area contributed by atoms with Crippen molar-refractivity contribution >= 4 is 42.0 Å². The second-order valence-corrected chi connectivity index (χ2v) is 33.0. The third kappa shape index (κ3) is 11.5. The number of amides is 4. The molecule has 2 unspecified atom stereocenters. The predicted octanol–water partition coefficient (Wildman–Crippen LogP) is 12.1. The minimum Gasteiger partial charge on any atom is -0.363 e. The summed E-state index contributed by atoms with van der Waals surface area (Å²) in [5.41, 5.74) is -2.20. The number of allylic oxidation sites excluding steroid dienone is 7. The Balaban J connectivity index is 0.882. The summed E-state index contributed by atoms with van der Waals surface area (Å²) < 4.78 is 6.13. The topological polar surface area (TPSA) is 210 Å². The monoisotopic (exact) mass is 1170 g/mol. The Kier molecular flexibility index (Phi) is 17.6. The van der Waals surface area contributed by atoms with E-state index in [-0.39, 0.29) is 105 Å². The summed E-state index contributed by atoms with van der Waals surface area (Å²) in [5, 5.41) is 26.7.